The van der Waals surface area contributed by atoms with Crippen molar-refractivity contribution in [2.75, 3.05) is 13.2 Å². The van der Waals surface area contributed by atoms with Gasteiger partial charge in [-0.25, -0.2) is 0 Å². The summed E-state index contributed by atoms with van der Waals surface area (Å²) in [6.07, 6.45) is 2.48. The first-order chi connectivity index (χ1) is 8.16. The van der Waals surface area contributed by atoms with Gasteiger partial charge in [0.1, 0.15) is 12.4 Å². The maximum atomic E-state index is 5.96. The summed E-state index contributed by atoms with van der Waals surface area (Å²) < 4.78 is 11.4. The minimum absolute atomic E-state index is 0.00519. The van der Waals surface area contributed by atoms with Gasteiger partial charge in [-0.05, 0) is 32.8 Å². The van der Waals surface area contributed by atoms with E-state index < -0.39 is 0 Å². The van der Waals surface area contributed by atoms with Gasteiger partial charge in [0, 0.05) is 18.2 Å². The molecule has 1 aliphatic rings. The van der Waals surface area contributed by atoms with E-state index in [0.717, 1.165) is 30.8 Å². The van der Waals surface area contributed by atoms with Crippen LogP contribution in [0.5, 0.6) is 5.75 Å². The third-order valence-electron chi connectivity index (χ3n) is 3.10. The third kappa shape index (κ3) is 3.20. The molecule has 1 aromatic rings. The highest BCUT2D eigenvalue weighted by Crippen LogP contribution is 2.26. The molecule has 1 unspecified atom stereocenters. The molecule has 2 N–H and O–H groups in total. The van der Waals surface area contributed by atoms with Crippen LogP contribution in [0.2, 0.25) is 0 Å². The van der Waals surface area contributed by atoms with Gasteiger partial charge in [0.15, 0.2) is 0 Å². The molecule has 17 heavy (non-hydrogen) atoms. The van der Waals surface area contributed by atoms with E-state index >= 15 is 0 Å². The average molecular weight is 235 g/mol. The minimum atomic E-state index is -0.00519. The molecule has 0 aromatic heterocycles. The molecule has 0 radical (unpaired) electrons. The molecule has 3 nitrogen and oxygen atoms in total. The topological polar surface area (TPSA) is 44.5 Å². The fourth-order valence-electron chi connectivity index (χ4n) is 2.11. The number of nitrogens with two attached hydrogens (primary N) is 1. The standard InChI is InChI=1S/C14H21NO2/c1-10-5-6-14(13(8-10)11(2)15)17-9-12-4-3-7-16-12/h5-6,8,11-12H,3-4,7,9,15H2,1-2H3/t11-,12?/m0/s1. The van der Waals surface area contributed by atoms with Crippen LogP contribution in [0.1, 0.15) is 36.9 Å². The van der Waals surface area contributed by atoms with Gasteiger partial charge in [-0.15, -0.1) is 0 Å². The Morgan fingerprint density at radius 1 is 1.53 bits per heavy atom. The first-order valence-corrected chi connectivity index (χ1v) is 6.27. The normalized spacial score (nSPS) is 21.5. The van der Waals surface area contributed by atoms with Crippen molar-refractivity contribution in [3.05, 3.63) is 29.3 Å². The monoisotopic (exact) mass is 235 g/mol. The molecule has 2 rings (SSSR count). The highest BCUT2D eigenvalue weighted by atomic mass is 16.5. The lowest BCUT2D eigenvalue weighted by Crippen LogP contribution is -2.18. The second kappa shape index (κ2) is 5.52. The first-order valence-electron chi connectivity index (χ1n) is 6.27. The molecular formula is C14H21NO2. The van der Waals surface area contributed by atoms with Gasteiger partial charge in [0.05, 0.1) is 6.10 Å². The van der Waals surface area contributed by atoms with E-state index in [1.54, 1.807) is 0 Å². The minimum Gasteiger partial charge on any atom is -0.491 e. The fraction of sp³-hybridized carbons (Fsp3) is 0.571. The van der Waals surface area contributed by atoms with Crippen LogP contribution in [-0.4, -0.2) is 19.3 Å². The molecule has 0 aliphatic carbocycles. The molecule has 0 bridgehead atoms. The van der Waals surface area contributed by atoms with Crippen molar-refractivity contribution in [3.8, 4) is 5.75 Å². The highest BCUT2D eigenvalue weighted by molar-refractivity contribution is 5.38. The smallest absolute Gasteiger partial charge is 0.124 e. The van der Waals surface area contributed by atoms with Crippen molar-refractivity contribution in [2.45, 2.75) is 38.8 Å². The van der Waals surface area contributed by atoms with Crippen molar-refractivity contribution < 1.29 is 9.47 Å². The van der Waals surface area contributed by atoms with Gasteiger partial charge in [-0.1, -0.05) is 17.7 Å². The summed E-state index contributed by atoms with van der Waals surface area (Å²) in [6, 6.07) is 6.14. The Labute approximate surface area is 103 Å². The van der Waals surface area contributed by atoms with Crippen molar-refractivity contribution in [1.29, 1.82) is 0 Å². The predicted octanol–water partition coefficient (Wildman–Crippen LogP) is 2.57. The molecule has 2 atom stereocenters. The van der Waals surface area contributed by atoms with Crippen molar-refractivity contribution in [2.24, 2.45) is 5.73 Å². The van der Waals surface area contributed by atoms with Gasteiger partial charge in [0.25, 0.3) is 0 Å². The molecule has 1 fully saturated rings. The maximum Gasteiger partial charge on any atom is 0.124 e. The van der Waals surface area contributed by atoms with Crippen LogP contribution in [0, 0.1) is 6.92 Å². The van der Waals surface area contributed by atoms with Gasteiger partial charge >= 0.3 is 0 Å². The summed E-state index contributed by atoms with van der Waals surface area (Å²) in [5.41, 5.74) is 8.24. The van der Waals surface area contributed by atoms with E-state index in [1.807, 2.05) is 13.0 Å². The highest BCUT2D eigenvalue weighted by Gasteiger charge is 2.17. The quantitative estimate of drug-likeness (QED) is 0.872. The number of benzene rings is 1. The molecular weight excluding hydrogens is 214 g/mol. The molecule has 1 heterocycles. The van der Waals surface area contributed by atoms with Crippen molar-refractivity contribution in [1.82, 2.24) is 0 Å². The van der Waals surface area contributed by atoms with Gasteiger partial charge in [-0.2, -0.15) is 0 Å². The van der Waals surface area contributed by atoms with Gasteiger partial charge < -0.3 is 15.2 Å². The average Bonchev–Trinajstić information content (AvgIpc) is 2.80. The third-order valence-corrected chi connectivity index (χ3v) is 3.10. The fourth-order valence-corrected chi connectivity index (χ4v) is 2.11. The molecule has 1 aliphatic heterocycles. The lowest BCUT2D eigenvalue weighted by atomic mass is 10.1. The lowest BCUT2D eigenvalue weighted by molar-refractivity contribution is 0.0675. The first kappa shape index (κ1) is 12.4. The molecule has 1 saturated heterocycles. The number of ether oxygens (including phenoxy) is 2. The molecule has 94 valence electrons. The Hall–Kier alpha value is -1.06. The van der Waals surface area contributed by atoms with Gasteiger partial charge in [0.2, 0.25) is 0 Å². The lowest BCUT2D eigenvalue weighted by Gasteiger charge is -2.17. The molecule has 0 amide bonds. The van der Waals surface area contributed by atoms with Crippen molar-refractivity contribution >= 4 is 0 Å². The van der Waals surface area contributed by atoms with E-state index in [1.165, 1.54) is 5.56 Å². The summed E-state index contributed by atoms with van der Waals surface area (Å²) in [4.78, 5) is 0. The van der Waals surface area contributed by atoms with E-state index in [2.05, 4.69) is 19.1 Å². The Morgan fingerprint density at radius 2 is 2.35 bits per heavy atom. The van der Waals surface area contributed by atoms with E-state index in [-0.39, 0.29) is 12.1 Å². The van der Waals surface area contributed by atoms with Gasteiger partial charge in [-0.3, -0.25) is 0 Å². The summed E-state index contributed by atoms with van der Waals surface area (Å²) in [6.45, 7) is 5.54. The van der Waals surface area contributed by atoms with Crippen LogP contribution in [0.3, 0.4) is 0 Å². The summed E-state index contributed by atoms with van der Waals surface area (Å²) in [5, 5.41) is 0. The summed E-state index contributed by atoms with van der Waals surface area (Å²) >= 11 is 0. The van der Waals surface area contributed by atoms with Crippen LogP contribution in [0.25, 0.3) is 0 Å². The molecule has 3 heteroatoms. The van der Waals surface area contributed by atoms with Crippen LogP contribution >= 0.6 is 0 Å². The van der Waals surface area contributed by atoms with E-state index in [0.29, 0.717) is 6.61 Å². The second-order valence-electron chi connectivity index (χ2n) is 4.78. The number of aryl methyl sites for hydroxylation is 1. The summed E-state index contributed by atoms with van der Waals surface area (Å²) in [7, 11) is 0. The maximum absolute atomic E-state index is 5.96. The van der Waals surface area contributed by atoms with Crippen LogP contribution in [0.4, 0.5) is 0 Å². The molecule has 1 aromatic carbocycles. The van der Waals surface area contributed by atoms with E-state index in [4.69, 9.17) is 15.2 Å². The zero-order valence-corrected chi connectivity index (χ0v) is 10.6. The molecule has 0 saturated carbocycles. The van der Waals surface area contributed by atoms with Crippen molar-refractivity contribution in [3.63, 3.8) is 0 Å². The Morgan fingerprint density at radius 3 is 3.00 bits per heavy atom. The largest absolute Gasteiger partial charge is 0.491 e. The summed E-state index contributed by atoms with van der Waals surface area (Å²) in [5.74, 6) is 0.890. The predicted molar refractivity (Wildman–Crippen MR) is 68.3 cm³/mol. The number of hydrogen-bond acceptors (Lipinski definition) is 3. The zero-order chi connectivity index (χ0) is 12.3. The zero-order valence-electron chi connectivity index (χ0n) is 10.6. The molecule has 0 spiro atoms. The number of rotatable bonds is 4. The number of hydrogen-bond donors (Lipinski definition) is 1. The Kier molecular flexibility index (Phi) is 4.02. The Balaban J connectivity index is 2.03. The SMILES string of the molecule is Cc1ccc(OCC2CCCO2)c([C@H](C)N)c1. The van der Waals surface area contributed by atoms with Crippen LogP contribution < -0.4 is 10.5 Å². The Bertz CT molecular complexity index is 370. The van der Waals surface area contributed by atoms with Crippen LogP contribution in [0.15, 0.2) is 18.2 Å². The second-order valence-corrected chi connectivity index (χ2v) is 4.78. The van der Waals surface area contributed by atoms with Crippen LogP contribution in [-0.2, 0) is 4.74 Å². The van der Waals surface area contributed by atoms with E-state index in [9.17, 15) is 0 Å².